The van der Waals surface area contributed by atoms with Crippen molar-refractivity contribution in [3.63, 3.8) is 0 Å². The zero-order valence-electron chi connectivity index (χ0n) is 15.1. The molecule has 1 amide bonds. The summed E-state index contributed by atoms with van der Waals surface area (Å²) in [5.41, 5.74) is 2.58. The maximum atomic E-state index is 12.4. The number of hydrogen-bond donors (Lipinski definition) is 2. The van der Waals surface area contributed by atoms with E-state index in [2.05, 4.69) is 5.32 Å². The molecule has 6 heteroatoms. The van der Waals surface area contributed by atoms with E-state index in [4.69, 9.17) is 9.84 Å². The van der Waals surface area contributed by atoms with Gasteiger partial charge in [0.15, 0.2) is 0 Å². The van der Waals surface area contributed by atoms with Gasteiger partial charge in [0.05, 0.1) is 12.1 Å². The van der Waals surface area contributed by atoms with Gasteiger partial charge >= 0.3 is 5.97 Å². The van der Waals surface area contributed by atoms with E-state index in [1.54, 1.807) is 31.2 Å². The number of para-hydroxylation sites is 1. The molecular weight excluding hydrogens is 350 g/mol. The van der Waals surface area contributed by atoms with E-state index in [0.717, 1.165) is 28.6 Å². The Morgan fingerprint density at radius 2 is 1.77 bits per heavy atom. The molecule has 0 heterocycles. The highest BCUT2D eigenvalue weighted by Crippen LogP contribution is 2.27. The van der Waals surface area contributed by atoms with E-state index in [1.807, 2.05) is 32.0 Å². The van der Waals surface area contributed by atoms with Crippen LogP contribution in [0.3, 0.4) is 0 Å². The highest BCUT2D eigenvalue weighted by Gasteiger charge is 2.17. The maximum Gasteiger partial charge on any atom is 0.316 e. The Balaban J connectivity index is 1.93. The highest BCUT2D eigenvalue weighted by atomic mass is 32.2. The summed E-state index contributed by atoms with van der Waals surface area (Å²) in [6.07, 6.45) is 0. The van der Waals surface area contributed by atoms with Crippen LogP contribution in [0.5, 0.6) is 5.75 Å². The number of carboxylic acid groups (broad SMARTS) is 1. The fourth-order valence-corrected chi connectivity index (χ4v) is 3.36. The number of rotatable bonds is 8. The maximum absolute atomic E-state index is 12.4. The molecule has 0 aliphatic heterocycles. The Morgan fingerprint density at radius 3 is 2.42 bits per heavy atom. The summed E-state index contributed by atoms with van der Waals surface area (Å²) in [5, 5.41) is 11.3. The van der Waals surface area contributed by atoms with Crippen LogP contribution in [0, 0.1) is 13.8 Å². The third-order valence-corrected chi connectivity index (χ3v) is 4.99. The number of ether oxygens (including phenoxy) is 1. The standard InChI is InChI=1S/C20H23NO4S/c1-13-7-6-8-14(2)18(13)25-12-11-21-19(22)16-9-4-5-10-17(16)26-15(3)20(23)24/h4-10,15H,11-12H2,1-3H3,(H,21,22)(H,23,24). The van der Waals surface area contributed by atoms with Gasteiger partial charge in [0.2, 0.25) is 0 Å². The molecule has 138 valence electrons. The Kier molecular flexibility index (Phi) is 7.09. The van der Waals surface area contributed by atoms with Crippen LogP contribution in [0.1, 0.15) is 28.4 Å². The number of nitrogens with one attached hydrogen (secondary N) is 1. The number of benzene rings is 2. The van der Waals surface area contributed by atoms with Crippen LogP contribution in [0.25, 0.3) is 0 Å². The van der Waals surface area contributed by atoms with E-state index in [-0.39, 0.29) is 5.91 Å². The van der Waals surface area contributed by atoms with Gasteiger partial charge in [0.1, 0.15) is 17.6 Å². The molecule has 0 bridgehead atoms. The minimum atomic E-state index is -0.910. The van der Waals surface area contributed by atoms with Gasteiger partial charge in [0.25, 0.3) is 5.91 Å². The van der Waals surface area contributed by atoms with Gasteiger partial charge in [-0.1, -0.05) is 30.3 Å². The Bertz CT molecular complexity index is 771. The van der Waals surface area contributed by atoms with Crippen LogP contribution in [0.4, 0.5) is 0 Å². The third-order valence-electron chi connectivity index (χ3n) is 3.83. The fraction of sp³-hybridized carbons (Fsp3) is 0.300. The van der Waals surface area contributed by atoms with Gasteiger partial charge in [-0.15, -0.1) is 11.8 Å². The zero-order chi connectivity index (χ0) is 19.1. The Hall–Kier alpha value is -2.47. The van der Waals surface area contributed by atoms with E-state index in [9.17, 15) is 9.59 Å². The van der Waals surface area contributed by atoms with Crippen molar-refractivity contribution < 1.29 is 19.4 Å². The van der Waals surface area contributed by atoms with E-state index < -0.39 is 11.2 Å². The minimum absolute atomic E-state index is 0.240. The molecule has 0 saturated heterocycles. The first-order valence-corrected chi connectivity index (χ1v) is 9.24. The van der Waals surface area contributed by atoms with Gasteiger partial charge in [-0.25, -0.2) is 0 Å². The number of carboxylic acids is 1. The fourth-order valence-electron chi connectivity index (χ4n) is 2.44. The van der Waals surface area contributed by atoms with Crippen LogP contribution in [0.2, 0.25) is 0 Å². The number of hydrogen-bond acceptors (Lipinski definition) is 4. The largest absolute Gasteiger partial charge is 0.491 e. The normalized spacial score (nSPS) is 11.7. The van der Waals surface area contributed by atoms with Crippen molar-refractivity contribution in [2.45, 2.75) is 30.9 Å². The predicted octanol–water partition coefficient (Wildman–Crippen LogP) is 3.68. The molecular formula is C20H23NO4S. The van der Waals surface area contributed by atoms with Gasteiger partial charge in [0, 0.05) is 4.90 Å². The van der Waals surface area contributed by atoms with Crippen LogP contribution < -0.4 is 10.1 Å². The molecule has 0 aromatic heterocycles. The van der Waals surface area contributed by atoms with Crippen LogP contribution in [0.15, 0.2) is 47.4 Å². The molecule has 0 aliphatic rings. The second-order valence-electron chi connectivity index (χ2n) is 5.92. The molecule has 0 saturated carbocycles. The number of amides is 1. The number of thioether (sulfide) groups is 1. The Labute approximate surface area is 157 Å². The van der Waals surface area contributed by atoms with Crippen molar-refractivity contribution in [2.24, 2.45) is 0 Å². The van der Waals surface area contributed by atoms with Crippen LogP contribution in [-0.2, 0) is 4.79 Å². The van der Waals surface area contributed by atoms with Crippen molar-refractivity contribution in [1.82, 2.24) is 5.32 Å². The lowest BCUT2D eigenvalue weighted by molar-refractivity contribution is -0.136. The zero-order valence-corrected chi connectivity index (χ0v) is 15.9. The molecule has 2 aromatic carbocycles. The van der Waals surface area contributed by atoms with E-state index in [1.165, 1.54) is 0 Å². The van der Waals surface area contributed by atoms with Crippen molar-refractivity contribution in [1.29, 1.82) is 0 Å². The molecule has 1 unspecified atom stereocenters. The summed E-state index contributed by atoms with van der Waals surface area (Å²) < 4.78 is 5.78. The van der Waals surface area contributed by atoms with Crippen LogP contribution >= 0.6 is 11.8 Å². The summed E-state index contributed by atoms with van der Waals surface area (Å²) in [4.78, 5) is 24.1. The van der Waals surface area contributed by atoms with E-state index in [0.29, 0.717) is 23.6 Å². The smallest absolute Gasteiger partial charge is 0.316 e. The van der Waals surface area contributed by atoms with Gasteiger partial charge < -0.3 is 15.2 Å². The van der Waals surface area contributed by atoms with Crippen molar-refractivity contribution in [3.8, 4) is 5.75 Å². The molecule has 0 aliphatic carbocycles. The summed E-state index contributed by atoms with van der Waals surface area (Å²) >= 11 is 1.15. The molecule has 2 aromatic rings. The minimum Gasteiger partial charge on any atom is -0.491 e. The SMILES string of the molecule is Cc1cccc(C)c1OCCNC(=O)c1ccccc1SC(C)C(=O)O. The average Bonchev–Trinajstić information content (AvgIpc) is 2.60. The summed E-state index contributed by atoms with van der Waals surface area (Å²) in [7, 11) is 0. The van der Waals surface area contributed by atoms with Crippen molar-refractivity contribution in [2.75, 3.05) is 13.2 Å². The molecule has 0 radical (unpaired) electrons. The van der Waals surface area contributed by atoms with Crippen LogP contribution in [-0.4, -0.2) is 35.4 Å². The number of carbonyl (C=O) groups excluding carboxylic acids is 1. The number of carbonyl (C=O) groups is 2. The molecule has 2 N–H and O–H groups in total. The Morgan fingerprint density at radius 1 is 1.12 bits per heavy atom. The number of aliphatic carboxylic acids is 1. The van der Waals surface area contributed by atoms with Gasteiger partial charge in [-0.05, 0) is 44.0 Å². The second kappa shape index (κ2) is 9.29. The molecule has 5 nitrogen and oxygen atoms in total. The molecule has 26 heavy (non-hydrogen) atoms. The van der Waals surface area contributed by atoms with Crippen molar-refractivity contribution in [3.05, 3.63) is 59.2 Å². The first-order valence-electron chi connectivity index (χ1n) is 8.36. The topological polar surface area (TPSA) is 75.6 Å². The lowest BCUT2D eigenvalue weighted by Gasteiger charge is -2.14. The highest BCUT2D eigenvalue weighted by molar-refractivity contribution is 8.00. The summed E-state index contributed by atoms with van der Waals surface area (Å²) in [6, 6.07) is 12.9. The predicted molar refractivity (Wildman–Crippen MR) is 103 cm³/mol. The third kappa shape index (κ3) is 5.26. The first-order chi connectivity index (χ1) is 12.4. The second-order valence-corrected chi connectivity index (χ2v) is 7.30. The van der Waals surface area contributed by atoms with Gasteiger partial charge in [-0.3, -0.25) is 9.59 Å². The van der Waals surface area contributed by atoms with Crippen molar-refractivity contribution >= 4 is 23.6 Å². The molecule has 0 spiro atoms. The monoisotopic (exact) mass is 373 g/mol. The summed E-state index contributed by atoms with van der Waals surface area (Å²) in [6.45, 7) is 6.29. The lowest BCUT2D eigenvalue weighted by atomic mass is 10.1. The molecule has 2 rings (SSSR count). The average molecular weight is 373 g/mol. The van der Waals surface area contributed by atoms with Gasteiger partial charge in [-0.2, -0.15) is 0 Å². The quantitative estimate of drug-likeness (QED) is 0.545. The number of aryl methyl sites for hydroxylation is 2. The summed E-state index contributed by atoms with van der Waals surface area (Å²) in [5.74, 6) is -0.309. The molecule has 0 fully saturated rings. The molecule has 1 atom stereocenters. The lowest BCUT2D eigenvalue weighted by Crippen LogP contribution is -2.28. The van der Waals surface area contributed by atoms with E-state index >= 15 is 0 Å². The first kappa shape index (κ1) is 19.8.